The number of halogens is 2. The van der Waals surface area contributed by atoms with Gasteiger partial charge in [-0.1, -0.05) is 5.92 Å². The zero-order valence-electron chi connectivity index (χ0n) is 11.7. The number of nitrogens with zero attached hydrogens (tertiary/aromatic N) is 1. The summed E-state index contributed by atoms with van der Waals surface area (Å²) in [7, 11) is 1.54. The monoisotopic (exact) mass is 294 g/mol. The third-order valence-electron chi connectivity index (χ3n) is 3.29. The van der Waals surface area contributed by atoms with Gasteiger partial charge in [0.2, 0.25) is 0 Å². The molecule has 1 aromatic carbocycles. The predicted molar refractivity (Wildman–Crippen MR) is 74.9 cm³/mol. The van der Waals surface area contributed by atoms with Crippen LogP contribution in [0.2, 0.25) is 0 Å². The summed E-state index contributed by atoms with van der Waals surface area (Å²) in [6, 6.07) is 1.40. The maximum Gasteiger partial charge on any atom is 0.321 e. The molecule has 1 saturated heterocycles. The molecule has 0 bridgehead atoms. The highest BCUT2D eigenvalue weighted by atomic mass is 19.1. The van der Waals surface area contributed by atoms with Crippen molar-refractivity contribution in [1.29, 1.82) is 0 Å². The molecule has 0 aliphatic carbocycles. The van der Waals surface area contributed by atoms with E-state index in [1.165, 1.54) is 4.90 Å². The van der Waals surface area contributed by atoms with Gasteiger partial charge in [0.25, 0.3) is 0 Å². The zero-order chi connectivity index (χ0) is 15.4. The van der Waals surface area contributed by atoms with Crippen LogP contribution < -0.4 is 5.32 Å². The number of benzene rings is 1. The van der Waals surface area contributed by atoms with Crippen LogP contribution in [0.1, 0.15) is 18.4 Å². The number of carbonyl (C=O) groups is 1. The number of carbonyl (C=O) groups excluding carboxylic acids is 1. The van der Waals surface area contributed by atoms with Crippen molar-refractivity contribution in [2.75, 3.05) is 25.5 Å². The molecule has 1 atom stereocenters. The maximum absolute atomic E-state index is 13.7. The van der Waals surface area contributed by atoms with Gasteiger partial charge in [0.15, 0.2) is 11.6 Å². The minimum absolute atomic E-state index is 0.0285. The number of amides is 2. The molecule has 6 heteroatoms. The number of hydrogen-bond donors (Lipinski definition) is 1. The average molecular weight is 294 g/mol. The van der Waals surface area contributed by atoms with Gasteiger partial charge in [0.05, 0.1) is 6.10 Å². The third-order valence-corrected chi connectivity index (χ3v) is 3.29. The van der Waals surface area contributed by atoms with Crippen molar-refractivity contribution in [3.8, 4) is 12.3 Å². The second-order valence-electron chi connectivity index (χ2n) is 4.90. The lowest BCUT2D eigenvalue weighted by Gasteiger charge is -2.21. The number of urea groups is 1. The van der Waals surface area contributed by atoms with E-state index in [2.05, 4.69) is 11.2 Å². The predicted octanol–water partition coefficient (Wildman–Crippen LogP) is 2.59. The molecule has 4 nitrogen and oxygen atoms in total. The summed E-state index contributed by atoms with van der Waals surface area (Å²) < 4.78 is 32.9. The lowest BCUT2D eigenvalue weighted by molar-refractivity contribution is 0.0894. The van der Waals surface area contributed by atoms with Crippen LogP contribution >= 0.6 is 0 Å². The minimum Gasteiger partial charge on any atom is -0.376 e. The highest BCUT2D eigenvalue weighted by Crippen LogP contribution is 2.21. The second kappa shape index (κ2) is 6.55. The first-order valence-corrected chi connectivity index (χ1v) is 6.60. The van der Waals surface area contributed by atoms with Gasteiger partial charge in [-0.3, -0.25) is 0 Å². The van der Waals surface area contributed by atoms with Crippen LogP contribution in [-0.2, 0) is 4.74 Å². The summed E-state index contributed by atoms with van der Waals surface area (Å²) in [6.07, 6.45) is 6.88. The highest BCUT2D eigenvalue weighted by Gasteiger charge is 2.21. The van der Waals surface area contributed by atoms with Crippen molar-refractivity contribution in [1.82, 2.24) is 4.90 Å². The Hall–Kier alpha value is -2.13. The van der Waals surface area contributed by atoms with Gasteiger partial charge >= 0.3 is 6.03 Å². The fourth-order valence-electron chi connectivity index (χ4n) is 2.15. The van der Waals surface area contributed by atoms with Gasteiger partial charge in [0.1, 0.15) is 5.69 Å². The van der Waals surface area contributed by atoms with E-state index in [1.54, 1.807) is 7.05 Å². The van der Waals surface area contributed by atoms with Crippen LogP contribution in [0.25, 0.3) is 0 Å². The smallest absolute Gasteiger partial charge is 0.321 e. The van der Waals surface area contributed by atoms with Gasteiger partial charge < -0.3 is 15.0 Å². The van der Waals surface area contributed by atoms with Crippen molar-refractivity contribution in [3.63, 3.8) is 0 Å². The fraction of sp³-hybridized carbons (Fsp3) is 0.400. The number of likely N-dealkylation sites (N-methyl/N-ethyl adjacent to an activating group) is 1. The Kier molecular flexibility index (Phi) is 4.76. The summed E-state index contributed by atoms with van der Waals surface area (Å²) >= 11 is 0. The van der Waals surface area contributed by atoms with E-state index < -0.39 is 23.4 Å². The minimum atomic E-state index is -0.901. The normalized spacial score (nSPS) is 17.3. The number of rotatable bonds is 3. The molecular weight excluding hydrogens is 278 g/mol. The number of anilines is 1. The van der Waals surface area contributed by atoms with Crippen molar-refractivity contribution in [2.24, 2.45) is 0 Å². The van der Waals surface area contributed by atoms with Gasteiger partial charge in [-0.25, -0.2) is 13.6 Å². The molecule has 112 valence electrons. The molecule has 1 heterocycles. The molecule has 1 aliphatic heterocycles. The number of terminal acetylenes is 1. The molecule has 2 rings (SSSR count). The molecule has 0 saturated carbocycles. The first kappa shape index (κ1) is 15.3. The van der Waals surface area contributed by atoms with E-state index in [-0.39, 0.29) is 11.7 Å². The lowest BCUT2D eigenvalue weighted by atomic mass is 10.2. The van der Waals surface area contributed by atoms with Crippen molar-refractivity contribution < 1.29 is 18.3 Å². The van der Waals surface area contributed by atoms with Crippen LogP contribution in [0.5, 0.6) is 0 Å². The number of hydrogen-bond acceptors (Lipinski definition) is 2. The maximum atomic E-state index is 13.7. The van der Waals surface area contributed by atoms with Crippen LogP contribution in [0, 0.1) is 24.0 Å². The molecule has 1 aromatic rings. The molecule has 2 amide bonds. The molecular formula is C15H16F2N2O2. The summed E-state index contributed by atoms with van der Waals surface area (Å²) in [4.78, 5) is 13.3. The van der Waals surface area contributed by atoms with Crippen molar-refractivity contribution >= 4 is 11.7 Å². The van der Waals surface area contributed by atoms with Gasteiger partial charge in [-0.05, 0) is 25.0 Å². The van der Waals surface area contributed by atoms with E-state index in [9.17, 15) is 13.6 Å². The first-order chi connectivity index (χ1) is 10.0. The van der Waals surface area contributed by atoms with Crippen LogP contribution in [0.15, 0.2) is 12.1 Å². The van der Waals surface area contributed by atoms with E-state index in [0.717, 1.165) is 25.0 Å². The Morgan fingerprint density at radius 3 is 2.71 bits per heavy atom. The molecule has 21 heavy (non-hydrogen) atoms. The quantitative estimate of drug-likeness (QED) is 0.871. The Morgan fingerprint density at radius 1 is 1.52 bits per heavy atom. The zero-order valence-corrected chi connectivity index (χ0v) is 11.7. The van der Waals surface area contributed by atoms with E-state index in [1.807, 2.05) is 0 Å². The highest BCUT2D eigenvalue weighted by molar-refractivity contribution is 5.89. The van der Waals surface area contributed by atoms with Gasteiger partial charge in [-0.15, -0.1) is 6.42 Å². The Bertz CT molecular complexity index is 555. The third kappa shape index (κ3) is 3.70. The van der Waals surface area contributed by atoms with Gasteiger partial charge in [0, 0.05) is 25.8 Å². The first-order valence-electron chi connectivity index (χ1n) is 6.60. The topological polar surface area (TPSA) is 41.6 Å². The molecule has 0 spiro atoms. The summed E-state index contributed by atoms with van der Waals surface area (Å²) in [6.45, 7) is 1.05. The summed E-state index contributed by atoms with van der Waals surface area (Å²) in [5, 5.41) is 2.22. The Labute approximate surface area is 122 Å². The number of ether oxygens (including phenoxy) is 1. The molecule has 0 radical (unpaired) electrons. The van der Waals surface area contributed by atoms with E-state index in [4.69, 9.17) is 11.2 Å². The molecule has 1 aliphatic rings. The van der Waals surface area contributed by atoms with Crippen molar-refractivity contribution in [3.05, 3.63) is 29.3 Å². The Morgan fingerprint density at radius 2 is 2.19 bits per heavy atom. The molecule has 1 fully saturated rings. The lowest BCUT2D eigenvalue weighted by Crippen LogP contribution is -2.37. The molecule has 1 N–H and O–H groups in total. The summed E-state index contributed by atoms with van der Waals surface area (Å²) in [5.74, 6) is 0.338. The molecule has 0 aromatic heterocycles. The van der Waals surface area contributed by atoms with Crippen molar-refractivity contribution in [2.45, 2.75) is 18.9 Å². The van der Waals surface area contributed by atoms with Gasteiger partial charge in [-0.2, -0.15) is 0 Å². The van der Waals surface area contributed by atoms with E-state index >= 15 is 0 Å². The van der Waals surface area contributed by atoms with Crippen LogP contribution in [0.3, 0.4) is 0 Å². The average Bonchev–Trinajstić information content (AvgIpc) is 2.95. The second-order valence-corrected chi connectivity index (χ2v) is 4.90. The van der Waals surface area contributed by atoms with E-state index in [0.29, 0.717) is 13.2 Å². The standard InChI is InChI=1S/C15H16F2N2O2/c1-3-10-7-12(16)14(13(17)8-10)18-15(20)19(2)9-11-5-4-6-21-11/h1,7-8,11H,4-6,9H2,2H3,(H,18,20)/t11-/m0/s1. The fourth-order valence-corrected chi connectivity index (χ4v) is 2.15. The largest absolute Gasteiger partial charge is 0.376 e. The number of nitrogens with one attached hydrogen (secondary N) is 1. The SMILES string of the molecule is C#Cc1cc(F)c(NC(=O)N(C)C[C@@H]2CCCO2)c(F)c1. The van der Waals surface area contributed by atoms with Crippen LogP contribution in [-0.4, -0.2) is 37.2 Å². The van der Waals surface area contributed by atoms with Crippen LogP contribution in [0.4, 0.5) is 19.3 Å². The molecule has 0 unspecified atom stereocenters. The summed E-state index contributed by atoms with van der Waals surface area (Å²) in [5.41, 5.74) is -0.422. The Balaban J connectivity index is 2.03.